The van der Waals surface area contributed by atoms with E-state index in [2.05, 4.69) is 18.3 Å². The molecule has 0 aliphatic heterocycles. The highest BCUT2D eigenvalue weighted by molar-refractivity contribution is 5.96. The molecule has 3 rings (SSSR count). The molecule has 1 saturated carbocycles. The lowest BCUT2D eigenvalue weighted by Crippen LogP contribution is -2.40. The van der Waals surface area contributed by atoms with Crippen LogP contribution in [0, 0.1) is 13.8 Å². The molecule has 2 aromatic rings. The second-order valence-corrected chi connectivity index (χ2v) is 6.17. The van der Waals surface area contributed by atoms with Gasteiger partial charge < -0.3 is 15.5 Å². The van der Waals surface area contributed by atoms with Gasteiger partial charge in [0.15, 0.2) is 5.76 Å². The van der Waals surface area contributed by atoms with Crippen LogP contribution in [-0.2, 0) is 0 Å². The summed E-state index contributed by atoms with van der Waals surface area (Å²) in [5, 5.41) is 4.04. The fourth-order valence-electron chi connectivity index (χ4n) is 2.93. The summed E-state index contributed by atoms with van der Waals surface area (Å²) in [6, 6.07) is 6.38. The minimum atomic E-state index is -0.123. The molecule has 3 N–H and O–H groups in total. The Kier molecular flexibility index (Phi) is 3.72. The van der Waals surface area contributed by atoms with Crippen molar-refractivity contribution < 1.29 is 9.21 Å². The van der Waals surface area contributed by atoms with Gasteiger partial charge in [-0.2, -0.15) is 0 Å². The Morgan fingerprint density at radius 3 is 2.52 bits per heavy atom. The Bertz CT molecular complexity index is 628. The number of carbonyl (C=O) groups is 1. The maximum Gasteiger partial charge on any atom is 0.287 e. The molecule has 1 aliphatic carbocycles. The molecule has 1 aromatic carbocycles. The topological polar surface area (TPSA) is 68.3 Å². The van der Waals surface area contributed by atoms with Crippen molar-refractivity contribution in [3.05, 3.63) is 35.1 Å². The summed E-state index contributed by atoms with van der Waals surface area (Å²) in [5.41, 5.74) is 9.04. The van der Waals surface area contributed by atoms with Crippen molar-refractivity contribution in [1.29, 1.82) is 0 Å². The molecule has 4 heteroatoms. The first-order valence-electron chi connectivity index (χ1n) is 7.60. The van der Waals surface area contributed by atoms with E-state index < -0.39 is 0 Å². The molecule has 4 nitrogen and oxygen atoms in total. The van der Waals surface area contributed by atoms with Crippen LogP contribution in [-0.4, -0.2) is 18.0 Å². The lowest BCUT2D eigenvalue weighted by atomic mass is 9.92. The Balaban J connectivity index is 1.75. The SMILES string of the molecule is Cc1cc2cc(C(=O)NC3CCC(N)CC3)oc2cc1C. The van der Waals surface area contributed by atoms with E-state index in [4.69, 9.17) is 10.2 Å². The van der Waals surface area contributed by atoms with Gasteiger partial charge in [0.05, 0.1) is 0 Å². The van der Waals surface area contributed by atoms with E-state index in [1.807, 2.05) is 19.1 Å². The van der Waals surface area contributed by atoms with E-state index in [1.165, 1.54) is 11.1 Å². The number of rotatable bonds is 2. The molecule has 0 atom stereocenters. The average Bonchev–Trinajstić information content (AvgIpc) is 2.85. The number of hydrogen-bond acceptors (Lipinski definition) is 3. The smallest absolute Gasteiger partial charge is 0.287 e. The molecular weight excluding hydrogens is 264 g/mol. The Morgan fingerprint density at radius 2 is 1.81 bits per heavy atom. The molecule has 0 unspecified atom stereocenters. The predicted octanol–water partition coefficient (Wildman–Crippen LogP) is 3.05. The van der Waals surface area contributed by atoms with Crippen LogP contribution in [0.2, 0.25) is 0 Å². The van der Waals surface area contributed by atoms with Crippen molar-refractivity contribution >= 4 is 16.9 Å². The monoisotopic (exact) mass is 286 g/mol. The van der Waals surface area contributed by atoms with Crippen molar-refractivity contribution in [2.75, 3.05) is 0 Å². The summed E-state index contributed by atoms with van der Waals surface area (Å²) in [5.74, 6) is 0.270. The van der Waals surface area contributed by atoms with Crippen LogP contribution >= 0.6 is 0 Å². The highest BCUT2D eigenvalue weighted by atomic mass is 16.3. The van der Waals surface area contributed by atoms with E-state index in [-0.39, 0.29) is 18.0 Å². The van der Waals surface area contributed by atoms with Crippen molar-refractivity contribution in [2.45, 2.75) is 51.6 Å². The van der Waals surface area contributed by atoms with Crippen LogP contribution in [0.1, 0.15) is 47.4 Å². The van der Waals surface area contributed by atoms with E-state index in [0.29, 0.717) is 5.76 Å². The van der Waals surface area contributed by atoms with Crippen LogP contribution in [0.3, 0.4) is 0 Å². The van der Waals surface area contributed by atoms with Gasteiger partial charge in [0.25, 0.3) is 5.91 Å². The van der Waals surface area contributed by atoms with Gasteiger partial charge in [-0.3, -0.25) is 4.79 Å². The molecule has 1 fully saturated rings. The maximum absolute atomic E-state index is 12.3. The first kappa shape index (κ1) is 14.1. The lowest BCUT2D eigenvalue weighted by molar-refractivity contribution is 0.0900. The number of nitrogens with one attached hydrogen (secondary N) is 1. The first-order chi connectivity index (χ1) is 10.0. The van der Waals surface area contributed by atoms with Crippen molar-refractivity contribution in [2.24, 2.45) is 5.73 Å². The number of carbonyl (C=O) groups excluding carboxylic acids is 1. The van der Waals surface area contributed by atoms with Gasteiger partial charge in [0.1, 0.15) is 5.58 Å². The lowest BCUT2D eigenvalue weighted by Gasteiger charge is -2.26. The number of aryl methyl sites for hydroxylation is 2. The van der Waals surface area contributed by atoms with Crippen LogP contribution in [0.25, 0.3) is 11.0 Å². The molecule has 0 bridgehead atoms. The zero-order valence-corrected chi connectivity index (χ0v) is 12.6. The number of nitrogens with two attached hydrogens (primary N) is 1. The molecule has 0 radical (unpaired) electrons. The zero-order valence-electron chi connectivity index (χ0n) is 12.6. The molecule has 112 valence electrons. The standard InChI is InChI=1S/C17H22N2O2/c1-10-7-12-9-16(21-15(12)8-11(10)2)17(20)19-14-5-3-13(18)4-6-14/h7-9,13-14H,3-6,18H2,1-2H3,(H,19,20). The normalized spacial score (nSPS) is 22.4. The fraction of sp³-hybridized carbons (Fsp3) is 0.471. The van der Waals surface area contributed by atoms with Gasteiger partial charge in [-0.05, 0) is 68.9 Å². The minimum absolute atomic E-state index is 0.123. The maximum atomic E-state index is 12.3. The second kappa shape index (κ2) is 5.53. The van der Waals surface area contributed by atoms with Gasteiger partial charge in [-0.15, -0.1) is 0 Å². The highest BCUT2D eigenvalue weighted by Gasteiger charge is 2.22. The van der Waals surface area contributed by atoms with Crippen LogP contribution in [0.4, 0.5) is 0 Å². The van der Waals surface area contributed by atoms with Crippen LogP contribution in [0.15, 0.2) is 22.6 Å². The number of benzene rings is 1. The molecule has 1 heterocycles. The van der Waals surface area contributed by atoms with Crippen molar-refractivity contribution in [3.8, 4) is 0 Å². The van der Waals surface area contributed by atoms with Crippen LogP contribution in [0.5, 0.6) is 0 Å². The second-order valence-electron chi connectivity index (χ2n) is 6.17. The minimum Gasteiger partial charge on any atom is -0.451 e. The van der Waals surface area contributed by atoms with E-state index in [1.54, 1.807) is 0 Å². The molecule has 1 amide bonds. The fourth-order valence-corrected chi connectivity index (χ4v) is 2.93. The van der Waals surface area contributed by atoms with Gasteiger partial charge in [-0.25, -0.2) is 0 Å². The quantitative estimate of drug-likeness (QED) is 0.891. The molecule has 21 heavy (non-hydrogen) atoms. The summed E-state index contributed by atoms with van der Waals surface area (Å²) in [7, 11) is 0. The molecular formula is C17H22N2O2. The number of fused-ring (bicyclic) bond motifs is 1. The number of amides is 1. The summed E-state index contributed by atoms with van der Waals surface area (Å²) < 4.78 is 5.69. The third-order valence-electron chi connectivity index (χ3n) is 4.46. The largest absolute Gasteiger partial charge is 0.451 e. The Morgan fingerprint density at radius 1 is 1.14 bits per heavy atom. The van der Waals surface area contributed by atoms with E-state index in [0.717, 1.165) is 36.7 Å². The third kappa shape index (κ3) is 2.95. The summed E-state index contributed by atoms with van der Waals surface area (Å²) in [4.78, 5) is 12.3. The highest BCUT2D eigenvalue weighted by Crippen LogP contribution is 2.24. The summed E-state index contributed by atoms with van der Waals surface area (Å²) in [6.07, 6.45) is 3.85. The first-order valence-corrected chi connectivity index (χ1v) is 7.60. The zero-order chi connectivity index (χ0) is 15.0. The molecule has 1 aliphatic rings. The average molecular weight is 286 g/mol. The van der Waals surface area contributed by atoms with E-state index >= 15 is 0 Å². The number of furan rings is 1. The van der Waals surface area contributed by atoms with Gasteiger partial charge in [0.2, 0.25) is 0 Å². The van der Waals surface area contributed by atoms with Gasteiger partial charge in [0, 0.05) is 17.5 Å². The van der Waals surface area contributed by atoms with Crippen LogP contribution < -0.4 is 11.1 Å². The Labute approximate surface area is 124 Å². The summed E-state index contributed by atoms with van der Waals surface area (Å²) >= 11 is 0. The predicted molar refractivity (Wildman–Crippen MR) is 83.4 cm³/mol. The molecule has 0 spiro atoms. The van der Waals surface area contributed by atoms with Crippen molar-refractivity contribution in [1.82, 2.24) is 5.32 Å². The van der Waals surface area contributed by atoms with Crippen molar-refractivity contribution in [3.63, 3.8) is 0 Å². The third-order valence-corrected chi connectivity index (χ3v) is 4.46. The van der Waals surface area contributed by atoms with E-state index in [9.17, 15) is 4.79 Å². The van der Waals surface area contributed by atoms with Gasteiger partial charge >= 0.3 is 0 Å². The number of hydrogen-bond donors (Lipinski definition) is 2. The Hall–Kier alpha value is -1.81. The molecule has 1 aromatic heterocycles. The molecule has 0 saturated heterocycles. The summed E-state index contributed by atoms with van der Waals surface area (Å²) in [6.45, 7) is 4.11. The van der Waals surface area contributed by atoms with Gasteiger partial charge in [-0.1, -0.05) is 0 Å².